The van der Waals surface area contributed by atoms with Gasteiger partial charge in [0.15, 0.2) is 0 Å². The summed E-state index contributed by atoms with van der Waals surface area (Å²) in [6.45, 7) is 8.23. The van der Waals surface area contributed by atoms with Crippen molar-refractivity contribution in [2.75, 3.05) is 19.8 Å². The standard InChI is InChI=1S/C30H38O5Si/c1-24(20-30(33,22-31)23-34-28(32)25-14-8-5-9-15-25)21-35-36(29(2,3)4,26-16-10-6-11-17-26)27-18-12-7-13-19-27/h5-19,24,31,33H,20-23H2,1-4H3/t24-,30-/m1/s1. The number of hydrogen-bond donors (Lipinski definition) is 2. The molecule has 0 saturated heterocycles. The van der Waals surface area contributed by atoms with E-state index in [2.05, 4.69) is 45.0 Å². The minimum Gasteiger partial charge on any atom is -0.459 e. The Kier molecular flexibility index (Phi) is 9.25. The minimum absolute atomic E-state index is 0.0979. The number of benzene rings is 3. The Morgan fingerprint density at radius 3 is 1.78 bits per heavy atom. The van der Waals surface area contributed by atoms with Crippen molar-refractivity contribution in [1.82, 2.24) is 0 Å². The smallest absolute Gasteiger partial charge is 0.338 e. The maximum atomic E-state index is 12.3. The zero-order valence-electron chi connectivity index (χ0n) is 21.7. The van der Waals surface area contributed by atoms with Crippen LogP contribution in [-0.4, -0.2) is 49.9 Å². The number of carbonyl (C=O) groups excluding carboxylic acids is 1. The third-order valence-electron chi connectivity index (χ3n) is 6.51. The zero-order chi connectivity index (χ0) is 26.2. The van der Waals surface area contributed by atoms with Crippen LogP contribution in [0.4, 0.5) is 0 Å². The fourth-order valence-corrected chi connectivity index (χ4v) is 9.45. The van der Waals surface area contributed by atoms with E-state index in [0.29, 0.717) is 12.2 Å². The highest BCUT2D eigenvalue weighted by atomic mass is 28.4. The van der Waals surface area contributed by atoms with Crippen molar-refractivity contribution < 1.29 is 24.2 Å². The van der Waals surface area contributed by atoms with E-state index < -0.39 is 26.5 Å². The molecule has 0 aliphatic carbocycles. The Labute approximate surface area is 215 Å². The molecule has 192 valence electrons. The van der Waals surface area contributed by atoms with Crippen LogP contribution in [0.15, 0.2) is 91.0 Å². The molecule has 3 rings (SSSR count). The van der Waals surface area contributed by atoms with E-state index in [9.17, 15) is 15.0 Å². The molecular formula is C30H38O5Si. The molecule has 0 aliphatic heterocycles. The Bertz CT molecular complexity index is 1040. The highest BCUT2D eigenvalue weighted by molar-refractivity contribution is 6.99. The van der Waals surface area contributed by atoms with Gasteiger partial charge in [0.25, 0.3) is 8.32 Å². The van der Waals surface area contributed by atoms with E-state index in [0.717, 1.165) is 0 Å². The lowest BCUT2D eigenvalue weighted by Crippen LogP contribution is -2.67. The molecule has 0 fully saturated rings. The van der Waals surface area contributed by atoms with Crippen molar-refractivity contribution in [3.05, 3.63) is 96.6 Å². The molecule has 0 aromatic heterocycles. The van der Waals surface area contributed by atoms with Crippen LogP contribution in [0.2, 0.25) is 5.04 Å². The summed E-state index contributed by atoms with van der Waals surface area (Å²) in [5, 5.41) is 23.2. The first-order valence-electron chi connectivity index (χ1n) is 12.4. The summed E-state index contributed by atoms with van der Waals surface area (Å²) in [7, 11) is -2.71. The zero-order valence-corrected chi connectivity index (χ0v) is 22.7. The van der Waals surface area contributed by atoms with Gasteiger partial charge in [0.05, 0.1) is 12.2 Å². The highest BCUT2D eigenvalue weighted by Gasteiger charge is 2.50. The molecule has 0 heterocycles. The van der Waals surface area contributed by atoms with Crippen LogP contribution < -0.4 is 10.4 Å². The lowest BCUT2D eigenvalue weighted by atomic mass is 9.93. The summed E-state index contributed by atoms with van der Waals surface area (Å²) in [6, 6.07) is 29.4. The van der Waals surface area contributed by atoms with Gasteiger partial charge in [-0.3, -0.25) is 0 Å². The molecule has 0 unspecified atom stereocenters. The molecular weight excluding hydrogens is 468 g/mol. The molecule has 0 aliphatic rings. The van der Waals surface area contributed by atoms with E-state index in [1.807, 2.05) is 49.4 Å². The number of aliphatic hydroxyl groups excluding tert-OH is 1. The summed E-state index contributed by atoms with van der Waals surface area (Å²) in [5.74, 6) is -0.627. The molecule has 0 saturated carbocycles. The predicted molar refractivity (Wildman–Crippen MR) is 146 cm³/mol. The van der Waals surface area contributed by atoms with E-state index in [1.54, 1.807) is 24.3 Å². The average Bonchev–Trinajstić information content (AvgIpc) is 2.88. The normalized spacial score (nSPS) is 14.6. The van der Waals surface area contributed by atoms with Crippen molar-refractivity contribution in [3.63, 3.8) is 0 Å². The molecule has 3 aromatic carbocycles. The summed E-state index contributed by atoms with van der Waals surface area (Å²) >= 11 is 0. The molecule has 0 bridgehead atoms. The van der Waals surface area contributed by atoms with Crippen LogP contribution in [0.5, 0.6) is 0 Å². The highest BCUT2D eigenvalue weighted by Crippen LogP contribution is 2.37. The van der Waals surface area contributed by atoms with E-state index >= 15 is 0 Å². The average molecular weight is 507 g/mol. The van der Waals surface area contributed by atoms with Gasteiger partial charge in [-0.05, 0) is 39.9 Å². The number of aliphatic hydroxyl groups is 2. The van der Waals surface area contributed by atoms with Gasteiger partial charge in [0, 0.05) is 6.61 Å². The Morgan fingerprint density at radius 1 is 0.861 bits per heavy atom. The van der Waals surface area contributed by atoms with Crippen molar-refractivity contribution in [1.29, 1.82) is 0 Å². The van der Waals surface area contributed by atoms with Gasteiger partial charge < -0.3 is 19.4 Å². The minimum atomic E-state index is -2.71. The van der Waals surface area contributed by atoms with Crippen LogP contribution >= 0.6 is 0 Å². The van der Waals surface area contributed by atoms with E-state index in [1.165, 1.54) is 10.4 Å². The summed E-state index contributed by atoms with van der Waals surface area (Å²) in [4.78, 5) is 12.3. The second kappa shape index (κ2) is 12.0. The number of ether oxygens (including phenoxy) is 1. The number of esters is 1. The summed E-state index contributed by atoms with van der Waals surface area (Å²) < 4.78 is 12.3. The van der Waals surface area contributed by atoms with Crippen molar-refractivity contribution in [2.45, 2.75) is 44.8 Å². The lowest BCUT2D eigenvalue weighted by Gasteiger charge is -2.44. The quantitative estimate of drug-likeness (QED) is 0.302. The van der Waals surface area contributed by atoms with Crippen LogP contribution in [0.3, 0.4) is 0 Å². The maximum Gasteiger partial charge on any atom is 0.338 e. The monoisotopic (exact) mass is 506 g/mol. The lowest BCUT2D eigenvalue weighted by molar-refractivity contribution is -0.0783. The maximum absolute atomic E-state index is 12.3. The Morgan fingerprint density at radius 2 is 1.33 bits per heavy atom. The third-order valence-corrected chi connectivity index (χ3v) is 11.5. The first-order chi connectivity index (χ1) is 17.1. The molecule has 6 heteroatoms. The summed E-state index contributed by atoms with van der Waals surface area (Å²) in [6.07, 6.45) is 0.226. The second-order valence-electron chi connectivity index (χ2n) is 10.6. The molecule has 2 N–H and O–H groups in total. The molecule has 0 amide bonds. The number of rotatable bonds is 11. The molecule has 36 heavy (non-hydrogen) atoms. The van der Waals surface area contributed by atoms with Crippen LogP contribution in [0.1, 0.15) is 44.5 Å². The molecule has 0 spiro atoms. The fourth-order valence-electron chi connectivity index (χ4n) is 4.76. The molecule has 2 atom stereocenters. The Balaban J connectivity index is 1.77. The molecule has 0 radical (unpaired) electrons. The molecule has 5 nitrogen and oxygen atoms in total. The van der Waals surface area contributed by atoms with Crippen LogP contribution in [0, 0.1) is 5.92 Å². The third kappa shape index (κ3) is 6.50. The van der Waals surface area contributed by atoms with Crippen LogP contribution in [0.25, 0.3) is 0 Å². The predicted octanol–water partition coefficient (Wildman–Crippen LogP) is 4.17. The van der Waals surface area contributed by atoms with Gasteiger partial charge in [0.1, 0.15) is 12.2 Å². The Hall–Kier alpha value is -2.77. The van der Waals surface area contributed by atoms with Gasteiger partial charge in [-0.15, -0.1) is 0 Å². The largest absolute Gasteiger partial charge is 0.459 e. The first-order valence-corrected chi connectivity index (χ1v) is 14.3. The van der Waals surface area contributed by atoms with Crippen molar-refractivity contribution >= 4 is 24.7 Å². The van der Waals surface area contributed by atoms with Gasteiger partial charge in [-0.2, -0.15) is 0 Å². The molecule has 3 aromatic rings. The van der Waals surface area contributed by atoms with Crippen molar-refractivity contribution in [2.24, 2.45) is 5.92 Å². The van der Waals surface area contributed by atoms with Crippen molar-refractivity contribution in [3.8, 4) is 0 Å². The van der Waals surface area contributed by atoms with Gasteiger partial charge in [-0.1, -0.05) is 107 Å². The fraction of sp³-hybridized carbons (Fsp3) is 0.367. The van der Waals surface area contributed by atoms with E-state index in [4.69, 9.17) is 9.16 Å². The van der Waals surface area contributed by atoms with Gasteiger partial charge in [0.2, 0.25) is 0 Å². The van der Waals surface area contributed by atoms with Gasteiger partial charge in [-0.25, -0.2) is 4.79 Å². The van der Waals surface area contributed by atoms with Crippen LogP contribution in [-0.2, 0) is 9.16 Å². The summed E-state index contributed by atoms with van der Waals surface area (Å²) in [5.41, 5.74) is -1.15. The SMILES string of the molecule is C[C@@H](CO[Si](c1ccccc1)(c1ccccc1)C(C)(C)C)C[C@@](O)(CO)COC(=O)c1ccccc1. The number of hydrogen-bond acceptors (Lipinski definition) is 5. The first kappa shape index (κ1) is 27.8. The topological polar surface area (TPSA) is 76.0 Å². The second-order valence-corrected chi connectivity index (χ2v) is 14.9. The van der Waals surface area contributed by atoms with Gasteiger partial charge >= 0.3 is 5.97 Å². The van der Waals surface area contributed by atoms with E-state index in [-0.39, 0.29) is 24.0 Å². The number of carbonyl (C=O) groups is 1.